The summed E-state index contributed by atoms with van der Waals surface area (Å²) in [4.78, 5) is 13.7. The van der Waals surface area contributed by atoms with E-state index in [-0.39, 0.29) is 29.2 Å². The zero-order valence-corrected chi connectivity index (χ0v) is 17.7. The Balaban J connectivity index is 0.000000588. The van der Waals surface area contributed by atoms with Crippen LogP contribution in [0.25, 0.3) is 11.2 Å². The summed E-state index contributed by atoms with van der Waals surface area (Å²) in [5.41, 5.74) is 6.62. The van der Waals surface area contributed by atoms with Crippen LogP contribution in [0.3, 0.4) is 0 Å². The van der Waals surface area contributed by atoms with Gasteiger partial charge in [0.15, 0.2) is 12.8 Å². The smallest absolute Gasteiger partial charge is 0.289 e. The first kappa shape index (κ1) is 25.8. The van der Waals surface area contributed by atoms with Crippen LogP contribution in [0.4, 0.5) is 14.6 Å². The van der Waals surface area contributed by atoms with Gasteiger partial charge < -0.3 is 30.6 Å². The molecule has 3 aromatic rings. The zero-order valence-electron chi connectivity index (χ0n) is 16.9. The molecule has 0 amide bonds. The molecule has 17 heteroatoms. The standard InChI is InChI=1S/C17H17F2N5O5.ClHO4/c18-9-2-1-8(10(19)3-9)5-28-24-7-22-16-12(15(24)20)21-6-23(16)17-14(27)13(26)11(4-25)29-17;2-1(3,4)5/h1-3,6-7,11,13-14,17,20,25-27H,4-5H2;(H,2,3,4,5)/t11-,13-,14-,17-;/m1./s1. The Morgan fingerprint density at radius 3 is 2.44 bits per heavy atom. The van der Waals surface area contributed by atoms with E-state index in [0.717, 1.165) is 16.9 Å². The summed E-state index contributed by atoms with van der Waals surface area (Å²) >= 11 is 0. The van der Waals surface area contributed by atoms with Crippen molar-refractivity contribution in [2.75, 3.05) is 12.3 Å². The highest BCUT2D eigenvalue weighted by Gasteiger charge is 2.44. The molecule has 1 fully saturated rings. The highest BCUT2D eigenvalue weighted by Crippen LogP contribution is 2.31. The molecule has 0 spiro atoms. The Morgan fingerprint density at radius 1 is 1.18 bits per heavy atom. The largest absolute Gasteiger partial charge is 0.394 e. The number of rotatable bonds is 5. The van der Waals surface area contributed by atoms with Gasteiger partial charge in [0.2, 0.25) is 11.2 Å². The number of benzene rings is 1. The summed E-state index contributed by atoms with van der Waals surface area (Å²) in [5, 5.41) is 29.3. The Hall–Kier alpha value is -2.80. The molecule has 4 atom stereocenters. The third-order valence-electron chi connectivity index (χ3n) is 4.70. The lowest BCUT2D eigenvalue weighted by molar-refractivity contribution is -2.00. The third kappa shape index (κ3) is 5.81. The lowest BCUT2D eigenvalue weighted by Crippen LogP contribution is -2.68. The average Bonchev–Trinajstić information content (AvgIpc) is 3.29. The molecule has 1 aliphatic rings. The van der Waals surface area contributed by atoms with Crippen molar-refractivity contribution in [3.8, 4) is 0 Å². The first-order valence-corrected chi connectivity index (χ1v) is 10.5. The maximum Gasteiger partial charge on any atom is 0.289 e. The second kappa shape index (κ2) is 10.2. The molecule has 4 rings (SSSR count). The molecule has 5 N–H and O–H groups in total. The van der Waals surface area contributed by atoms with Crippen molar-refractivity contribution in [2.24, 2.45) is 0 Å². The summed E-state index contributed by atoms with van der Waals surface area (Å²) in [6, 6.07) is 3.11. The van der Waals surface area contributed by atoms with E-state index in [4.69, 9.17) is 33.9 Å². The number of nitrogens with two attached hydrogens (primary N) is 1. The van der Waals surface area contributed by atoms with E-state index in [1.54, 1.807) is 0 Å². The SMILES string of the molecule is Nc1c2ncn([C@@H]3O[C@H](CO)[C@@H](O)[C@H]3O)c2nc[n+]1OCc1ccc(F)cc1F.[O-][Cl+3]([O-])([O-])[O-]. The van der Waals surface area contributed by atoms with E-state index in [0.29, 0.717) is 0 Å². The van der Waals surface area contributed by atoms with Gasteiger partial charge in [-0.25, -0.2) is 32.4 Å². The lowest BCUT2D eigenvalue weighted by Gasteiger charge is -2.17. The van der Waals surface area contributed by atoms with Gasteiger partial charge in [0.1, 0.15) is 36.3 Å². The Bertz CT molecular complexity index is 1140. The summed E-state index contributed by atoms with van der Waals surface area (Å²) in [6.45, 7) is -0.700. The molecule has 0 unspecified atom stereocenters. The fourth-order valence-corrected chi connectivity index (χ4v) is 3.11. The second-order valence-electron chi connectivity index (χ2n) is 6.90. The first-order valence-electron chi connectivity index (χ1n) is 9.24. The normalized spacial score (nSPS) is 22.5. The van der Waals surface area contributed by atoms with E-state index in [9.17, 15) is 24.1 Å². The molecule has 34 heavy (non-hydrogen) atoms. The highest BCUT2D eigenvalue weighted by atomic mass is 35.7. The van der Waals surface area contributed by atoms with Gasteiger partial charge in [0.25, 0.3) is 12.1 Å². The fourth-order valence-electron chi connectivity index (χ4n) is 3.11. The van der Waals surface area contributed by atoms with Crippen molar-refractivity contribution in [1.29, 1.82) is 0 Å². The number of nitrogens with zero attached hydrogens (tertiary/aromatic N) is 4. The van der Waals surface area contributed by atoms with Gasteiger partial charge in [0, 0.05) is 11.6 Å². The van der Waals surface area contributed by atoms with E-state index in [1.165, 1.54) is 23.3 Å². The van der Waals surface area contributed by atoms with Gasteiger partial charge >= 0.3 is 0 Å². The number of hydrogen-bond acceptors (Lipinski definition) is 12. The topological polar surface area (TPSA) is 232 Å². The molecule has 0 bridgehead atoms. The molecule has 1 aliphatic heterocycles. The van der Waals surface area contributed by atoms with Crippen molar-refractivity contribution in [2.45, 2.75) is 31.1 Å². The molecular formula is C17H18ClF2N5O9. The minimum atomic E-state index is -4.94. The van der Waals surface area contributed by atoms with Gasteiger partial charge in [-0.1, -0.05) is 9.71 Å². The van der Waals surface area contributed by atoms with E-state index >= 15 is 0 Å². The number of aliphatic hydroxyl groups excluding tert-OH is 3. The first-order chi connectivity index (χ1) is 15.9. The Morgan fingerprint density at radius 2 is 1.85 bits per heavy atom. The van der Waals surface area contributed by atoms with Crippen molar-refractivity contribution < 1.29 is 67.3 Å². The monoisotopic (exact) mass is 509 g/mol. The fraction of sp³-hybridized carbons (Fsp3) is 0.353. The summed E-state index contributed by atoms with van der Waals surface area (Å²) in [7, 11) is -4.94. The van der Waals surface area contributed by atoms with E-state index in [2.05, 4.69) is 9.97 Å². The second-order valence-corrected chi connectivity index (χ2v) is 7.65. The van der Waals surface area contributed by atoms with E-state index in [1.807, 2.05) is 0 Å². The third-order valence-corrected chi connectivity index (χ3v) is 4.70. The number of nitrogen functional groups attached to an aromatic ring is 1. The molecule has 0 aliphatic carbocycles. The molecule has 1 aromatic carbocycles. The van der Waals surface area contributed by atoms with Crippen molar-refractivity contribution in [3.63, 3.8) is 0 Å². The Labute approximate surface area is 191 Å². The van der Waals surface area contributed by atoms with E-state index < -0.39 is 53.0 Å². The van der Waals surface area contributed by atoms with Crippen LogP contribution in [0.15, 0.2) is 30.9 Å². The van der Waals surface area contributed by atoms with Crippen LogP contribution in [0.2, 0.25) is 0 Å². The Kier molecular flexibility index (Phi) is 7.76. The van der Waals surface area contributed by atoms with Crippen LogP contribution < -0.4 is 33.9 Å². The zero-order chi connectivity index (χ0) is 25.2. The average molecular weight is 510 g/mol. The molecule has 2 aromatic heterocycles. The van der Waals surface area contributed by atoms with Gasteiger partial charge in [-0.3, -0.25) is 4.57 Å². The van der Waals surface area contributed by atoms with Crippen LogP contribution in [0.5, 0.6) is 0 Å². The number of fused-ring (bicyclic) bond motifs is 1. The number of anilines is 1. The molecule has 3 heterocycles. The predicted molar refractivity (Wildman–Crippen MR) is 91.8 cm³/mol. The molecule has 0 radical (unpaired) electrons. The molecule has 186 valence electrons. The van der Waals surface area contributed by atoms with Crippen LogP contribution in [0, 0.1) is 21.9 Å². The minimum Gasteiger partial charge on any atom is -0.394 e. The minimum absolute atomic E-state index is 0.0445. The molecule has 1 saturated heterocycles. The number of imidazole rings is 1. The van der Waals surface area contributed by atoms with Crippen LogP contribution >= 0.6 is 0 Å². The van der Waals surface area contributed by atoms with Crippen molar-refractivity contribution >= 4 is 17.0 Å². The maximum atomic E-state index is 13.7. The van der Waals surface area contributed by atoms with Gasteiger partial charge in [-0.15, -0.1) is 10.2 Å². The summed E-state index contributed by atoms with van der Waals surface area (Å²) in [5.74, 6) is -1.41. The lowest BCUT2D eigenvalue weighted by atomic mass is 10.1. The number of aliphatic hydroxyl groups is 3. The van der Waals surface area contributed by atoms with Crippen LogP contribution in [0.1, 0.15) is 11.8 Å². The highest BCUT2D eigenvalue weighted by molar-refractivity contribution is 5.79. The van der Waals surface area contributed by atoms with Gasteiger partial charge in [-0.2, -0.15) is 0 Å². The number of aromatic nitrogens is 4. The van der Waals surface area contributed by atoms with Crippen LogP contribution in [-0.4, -0.2) is 54.8 Å². The number of halogens is 3. The predicted octanol–water partition coefficient (Wildman–Crippen LogP) is -5.94. The number of hydrogen-bond donors (Lipinski definition) is 4. The van der Waals surface area contributed by atoms with Crippen molar-refractivity contribution in [1.82, 2.24) is 14.5 Å². The van der Waals surface area contributed by atoms with Gasteiger partial charge in [-0.05, 0) is 12.1 Å². The quantitative estimate of drug-likeness (QED) is 0.235. The van der Waals surface area contributed by atoms with Crippen molar-refractivity contribution in [3.05, 3.63) is 48.1 Å². The molecule has 14 nitrogen and oxygen atoms in total. The molecular weight excluding hydrogens is 492 g/mol. The maximum absolute atomic E-state index is 13.7. The summed E-state index contributed by atoms with van der Waals surface area (Å²) < 4.78 is 68.6. The molecule has 0 saturated carbocycles. The summed E-state index contributed by atoms with van der Waals surface area (Å²) in [6.07, 6.45) is -2.02. The number of ether oxygens (including phenoxy) is 1. The van der Waals surface area contributed by atoms with Crippen LogP contribution in [-0.2, 0) is 11.3 Å². The van der Waals surface area contributed by atoms with Gasteiger partial charge in [0.05, 0.1) is 6.61 Å².